The van der Waals surface area contributed by atoms with Gasteiger partial charge in [-0.3, -0.25) is 81.8 Å². The van der Waals surface area contributed by atoms with Gasteiger partial charge in [0.2, 0.25) is 41.4 Å². The molecule has 0 unspecified atom stereocenters. The van der Waals surface area contributed by atoms with Crippen molar-refractivity contribution in [3.8, 4) is 0 Å². The molecule has 0 saturated heterocycles. The maximum atomic E-state index is 13.4. The van der Waals surface area contributed by atoms with Gasteiger partial charge in [-0.25, -0.2) is 0 Å². The van der Waals surface area contributed by atoms with Crippen molar-refractivity contribution >= 4 is 94.5 Å². The van der Waals surface area contributed by atoms with Crippen molar-refractivity contribution in [2.75, 3.05) is 98.5 Å². The van der Waals surface area contributed by atoms with E-state index in [9.17, 15) is 67.1 Å². The molecule has 85 heavy (non-hydrogen) atoms. The van der Waals surface area contributed by atoms with Gasteiger partial charge in [0, 0.05) is 167 Å². The lowest BCUT2D eigenvalue weighted by atomic mass is 10.0. The van der Waals surface area contributed by atoms with Crippen LogP contribution in [0.2, 0.25) is 0 Å². The summed E-state index contributed by atoms with van der Waals surface area (Å²) < 4.78 is 18.3. The van der Waals surface area contributed by atoms with E-state index in [1.165, 1.54) is 0 Å². The maximum Gasteiger partial charge on any atom is 0.253 e. The summed E-state index contributed by atoms with van der Waals surface area (Å²) in [4.78, 5) is 172. The second kappa shape index (κ2) is 42.6. The molecule has 0 aromatic heterocycles. The first-order valence-corrected chi connectivity index (χ1v) is 29.8. The van der Waals surface area contributed by atoms with Crippen LogP contribution in [-0.4, -0.2) is 201 Å². The number of nitrogens with zero attached hydrogens (tertiary/aromatic N) is 3. The number of nitrogens with one attached hydrogen (secondary N) is 7. The SMILES string of the molecule is O=C(S)CCCC(=O)NC(COCCCNC(=O)CCCCCNC(=O)CCN1C(=O)C=CC1=O)(COCCCNC(=O)CCCCCNC(=O)CCN1C(=O)C=CC1=O)COCCCNC(=O)CCCCCNC(=O)CCN1C(=O)C=CC1=O. The molecule has 27 nitrogen and oxygen atoms in total. The van der Waals surface area contributed by atoms with Crippen molar-refractivity contribution in [2.24, 2.45) is 0 Å². The molecule has 0 aromatic rings. The molecule has 3 aliphatic rings. The zero-order valence-corrected chi connectivity index (χ0v) is 49.5. The van der Waals surface area contributed by atoms with Gasteiger partial charge in [0.1, 0.15) is 5.54 Å². The average molecular weight is 1220 g/mol. The van der Waals surface area contributed by atoms with E-state index >= 15 is 0 Å². The first-order chi connectivity index (χ1) is 40.9. The van der Waals surface area contributed by atoms with E-state index in [2.05, 4.69) is 49.8 Å². The molecule has 0 bridgehead atoms. The molecule has 13 amide bonds. The summed E-state index contributed by atoms with van der Waals surface area (Å²) in [6.45, 7) is 2.51. The second-order valence-corrected chi connectivity index (χ2v) is 21.1. The van der Waals surface area contributed by atoms with Gasteiger partial charge in [-0.1, -0.05) is 19.3 Å². The third-order valence-corrected chi connectivity index (χ3v) is 13.5. The van der Waals surface area contributed by atoms with Crippen LogP contribution in [0.15, 0.2) is 36.5 Å². The fourth-order valence-electron chi connectivity index (χ4n) is 8.57. The molecule has 7 N–H and O–H groups in total. The molecule has 3 rings (SSSR count). The molecule has 3 aliphatic heterocycles. The van der Waals surface area contributed by atoms with Crippen molar-refractivity contribution in [3.63, 3.8) is 0 Å². The zero-order chi connectivity index (χ0) is 62.1. The summed E-state index contributed by atoms with van der Waals surface area (Å²) in [5, 5.41) is 19.5. The monoisotopic (exact) mass is 1210 g/mol. The Morgan fingerprint density at radius 3 is 0.871 bits per heavy atom. The summed E-state index contributed by atoms with van der Waals surface area (Å²) >= 11 is 3.81. The van der Waals surface area contributed by atoms with Crippen LogP contribution in [0, 0.1) is 0 Å². The molecule has 0 radical (unpaired) electrons. The smallest absolute Gasteiger partial charge is 0.253 e. The number of hydrogen-bond donors (Lipinski definition) is 8. The fraction of sp³-hybridized carbons (Fsp3) is 0.649. The van der Waals surface area contributed by atoms with E-state index in [-0.39, 0.29) is 164 Å². The highest BCUT2D eigenvalue weighted by molar-refractivity contribution is 7.96. The Balaban J connectivity index is 1.41. The van der Waals surface area contributed by atoms with E-state index in [0.717, 1.165) is 51.2 Å². The number of unbranched alkanes of at least 4 members (excludes halogenated alkanes) is 6. The van der Waals surface area contributed by atoms with Crippen LogP contribution in [0.4, 0.5) is 0 Å². The van der Waals surface area contributed by atoms with Crippen LogP contribution in [0.25, 0.3) is 0 Å². The van der Waals surface area contributed by atoms with E-state index in [1.54, 1.807) is 0 Å². The molecule has 3 heterocycles. The summed E-state index contributed by atoms with van der Waals surface area (Å²) in [5.41, 5.74) is -1.22. The van der Waals surface area contributed by atoms with Gasteiger partial charge >= 0.3 is 0 Å². The van der Waals surface area contributed by atoms with E-state index in [0.29, 0.717) is 116 Å². The van der Waals surface area contributed by atoms with Gasteiger partial charge < -0.3 is 51.4 Å². The van der Waals surface area contributed by atoms with Crippen molar-refractivity contribution in [2.45, 2.75) is 140 Å². The van der Waals surface area contributed by atoms with Gasteiger partial charge in [-0.15, -0.1) is 12.6 Å². The average Bonchev–Trinajstić information content (AvgIpc) is 4.20. The Kier molecular flexibility index (Phi) is 36.1. The molecule has 0 aromatic carbocycles. The topological polar surface area (TPSA) is 361 Å². The molecule has 0 saturated carbocycles. The summed E-state index contributed by atoms with van der Waals surface area (Å²) in [6, 6.07) is 0. The minimum atomic E-state index is -1.22. The van der Waals surface area contributed by atoms with Gasteiger partial charge in [0.25, 0.3) is 35.4 Å². The quantitative estimate of drug-likeness (QED) is 0.0226. The van der Waals surface area contributed by atoms with Crippen LogP contribution >= 0.6 is 12.6 Å². The molecule has 0 aliphatic carbocycles. The number of imide groups is 3. The predicted molar refractivity (Wildman–Crippen MR) is 310 cm³/mol. The number of amides is 13. The lowest BCUT2D eigenvalue weighted by molar-refractivity contribution is -0.139. The van der Waals surface area contributed by atoms with Gasteiger partial charge in [-0.05, 0) is 64.2 Å². The third-order valence-electron chi connectivity index (χ3n) is 13.3. The highest BCUT2D eigenvalue weighted by Crippen LogP contribution is 2.13. The highest BCUT2D eigenvalue weighted by atomic mass is 32.1. The van der Waals surface area contributed by atoms with Crippen molar-refractivity contribution < 1.29 is 81.3 Å². The standard InChI is InChI=1S/C57H86N10O17S/c68-43(14-4-1-7-28-58-46(71)25-34-65-50(75)19-20-51(65)76)61-31-11-37-82-40-57(64-49(74)17-10-18-56(81)85,41-83-38-12-32-62-44(69)15-5-2-8-29-59-47(72)26-35-66-52(77)21-22-53(66)78)42-84-39-13-33-63-45(70)16-6-3-9-30-60-48(73)27-36-67-54(79)23-24-55(67)80/h19-24H,1-18,25-42H2,(H,58,71)(H,59,72)(H,60,73)(H,61,68)(H,62,69)(H,63,70)(H,64,74)(H,81,85). The Labute approximate surface area is 501 Å². The number of rotatable bonds is 50. The molecule has 0 atom stereocenters. The molecule has 0 fully saturated rings. The van der Waals surface area contributed by atoms with Crippen LogP contribution in [0.1, 0.15) is 135 Å². The van der Waals surface area contributed by atoms with Gasteiger partial charge in [0.15, 0.2) is 5.12 Å². The normalized spacial score (nSPS) is 13.7. The Hall–Kier alpha value is -7.17. The third kappa shape index (κ3) is 32.6. The van der Waals surface area contributed by atoms with Gasteiger partial charge in [-0.2, -0.15) is 0 Å². The van der Waals surface area contributed by atoms with Gasteiger partial charge in [0.05, 0.1) is 19.8 Å². The van der Waals surface area contributed by atoms with Crippen LogP contribution in [-0.2, 0) is 81.3 Å². The second-order valence-electron chi connectivity index (χ2n) is 20.6. The number of ether oxygens (including phenoxy) is 3. The van der Waals surface area contributed by atoms with Crippen LogP contribution in [0.5, 0.6) is 0 Å². The minimum Gasteiger partial charge on any atom is -0.379 e. The summed E-state index contributed by atoms with van der Waals surface area (Å²) in [7, 11) is 0. The van der Waals surface area contributed by atoms with E-state index in [1.807, 2.05) is 0 Å². The highest BCUT2D eigenvalue weighted by Gasteiger charge is 2.34. The first-order valence-electron chi connectivity index (χ1n) is 29.3. The van der Waals surface area contributed by atoms with E-state index in [4.69, 9.17) is 14.2 Å². The fourth-order valence-corrected chi connectivity index (χ4v) is 8.73. The Bertz CT molecular complexity index is 2100. The Morgan fingerprint density at radius 2 is 0.588 bits per heavy atom. The lowest BCUT2D eigenvalue weighted by Crippen LogP contribution is -2.58. The largest absolute Gasteiger partial charge is 0.379 e. The molecule has 0 spiro atoms. The first kappa shape index (κ1) is 72.1. The number of carbonyl (C=O) groups excluding carboxylic acids is 14. The van der Waals surface area contributed by atoms with E-state index < -0.39 is 41.0 Å². The number of carbonyl (C=O) groups is 14. The predicted octanol–water partition coefficient (Wildman–Crippen LogP) is 0.0119. The van der Waals surface area contributed by atoms with Crippen molar-refractivity contribution in [3.05, 3.63) is 36.5 Å². The van der Waals surface area contributed by atoms with Crippen molar-refractivity contribution in [1.29, 1.82) is 0 Å². The summed E-state index contributed by atoms with van der Waals surface area (Å²) in [5.74, 6) is -4.36. The number of thiol groups is 1. The summed E-state index contributed by atoms with van der Waals surface area (Å²) in [6.07, 6.45) is 15.2. The number of hydrogen-bond acceptors (Lipinski definition) is 17. The van der Waals surface area contributed by atoms with Crippen LogP contribution < -0.4 is 37.2 Å². The maximum absolute atomic E-state index is 13.4. The molecule has 28 heteroatoms. The minimum absolute atomic E-state index is 0.00126. The lowest BCUT2D eigenvalue weighted by Gasteiger charge is -2.34. The molecular formula is C57H86N10O17S. The Morgan fingerprint density at radius 1 is 0.329 bits per heavy atom. The van der Waals surface area contributed by atoms with Crippen molar-refractivity contribution in [1.82, 2.24) is 51.9 Å². The molecule has 472 valence electrons. The van der Waals surface area contributed by atoms with Crippen LogP contribution in [0.3, 0.4) is 0 Å². The zero-order valence-electron chi connectivity index (χ0n) is 48.6. The molecular weight excluding hydrogens is 1130 g/mol.